The molecule has 3 aromatic rings. The van der Waals surface area contributed by atoms with Crippen LogP contribution in [0.1, 0.15) is 33.9 Å². The lowest BCUT2D eigenvalue weighted by Gasteiger charge is -2.31. The van der Waals surface area contributed by atoms with Crippen LogP contribution in [0.2, 0.25) is 0 Å². The van der Waals surface area contributed by atoms with E-state index in [4.69, 9.17) is 4.74 Å². The maximum Gasteiger partial charge on any atom is 0.416 e. The molecule has 1 N–H and O–H groups in total. The molecule has 1 fully saturated rings. The molecule has 1 amide bonds. The monoisotopic (exact) mass is 488 g/mol. The lowest BCUT2D eigenvalue weighted by atomic mass is 10.1. The lowest BCUT2D eigenvalue weighted by Crippen LogP contribution is -2.37. The molecule has 0 bridgehead atoms. The summed E-state index contributed by atoms with van der Waals surface area (Å²) in [5.74, 6) is -0.0341. The number of amides is 1. The number of hydrogen-bond donors (Lipinski definition) is 1. The summed E-state index contributed by atoms with van der Waals surface area (Å²) in [6.07, 6.45) is -4.58. The van der Waals surface area contributed by atoms with Crippen molar-refractivity contribution in [2.45, 2.75) is 40.3 Å². The van der Waals surface area contributed by atoms with E-state index in [2.05, 4.69) is 20.4 Å². The zero-order valence-electron chi connectivity index (χ0n) is 20.0. The Balaban J connectivity index is 1.61. The summed E-state index contributed by atoms with van der Waals surface area (Å²) >= 11 is 0. The maximum absolute atomic E-state index is 13.4. The summed E-state index contributed by atoms with van der Waals surface area (Å²) in [7, 11) is 0. The van der Waals surface area contributed by atoms with Crippen LogP contribution in [0, 0.1) is 27.7 Å². The van der Waals surface area contributed by atoms with E-state index in [-0.39, 0.29) is 12.1 Å². The van der Waals surface area contributed by atoms with Crippen molar-refractivity contribution >= 4 is 17.3 Å². The molecule has 4 rings (SSSR count). The van der Waals surface area contributed by atoms with Gasteiger partial charge in [0.05, 0.1) is 42.3 Å². The third-order valence-electron chi connectivity index (χ3n) is 5.89. The Hall–Kier alpha value is -3.47. The van der Waals surface area contributed by atoms with Crippen molar-refractivity contribution in [2.75, 3.05) is 36.5 Å². The van der Waals surface area contributed by atoms with Crippen molar-refractivity contribution in [3.8, 4) is 5.95 Å². The second-order valence-corrected chi connectivity index (χ2v) is 8.57. The normalized spacial score (nSPS) is 14.3. The number of alkyl halides is 3. The molecule has 0 unspecified atom stereocenters. The van der Waals surface area contributed by atoms with Crippen molar-refractivity contribution in [1.82, 2.24) is 19.7 Å². The molecule has 8 nitrogen and oxygen atoms in total. The lowest BCUT2D eigenvalue weighted by molar-refractivity contribution is -0.137. The number of halogens is 3. The van der Waals surface area contributed by atoms with Gasteiger partial charge in [0.1, 0.15) is 0 Å². The van der Waals surface area contributed by atoms with Gasteiger partial charge in [0.2, 0.25) is 5.91 Å². The zero-order valence-corrected chi connectivity index (χ0v) is 20.0. The van der Waals surface area contributed by atoms with E-state index < -0.39 is 17.6 Å². The van der Waals surface area contributed by atoms with Gasteiger partial charge in [0.25, 0.3) is 5.95 Å². The maximum atomic E-state index is 13.4. The van der Waals surface area contributed by atoms with Crippen molar-refractivity contribution in [3.05, 3.63) is 58.2 Å². The summed E-state index contributed by atoms with van der Waals surface area (Å²) in [5.41, 5.74) is 3.40. The number of anilines is 2. The number of nitrogens with zero attached hydrogens (tertiary/aromatic N) is 5. The average molecular weight is 489 g/mol. The summed E-state index contributed by atoms with van der Waals surface area (Å²) in [4.78, 5) is 23.8. The molecule has 0 spiro atoms. The van der Waals surface area contributed by atoms with Crippen LogP contribution >= 0.6 is 0 Å². The van der Waals surface area contributed by atoms with Crippen LogP contribution in [-0.4, -0.2) is 52.0 Å². The molecule has 1 aromatic carbocycles. The third-order valence-corrected chi connectivity index (χ3v) is 5.89. The predicted molar refractivity (Wildman–Crippen MR) is 125 cm³/mol. The Morgan fingerprint density at radius 2 is 1.71 bits per heavy atom. The van der Waals surface area contributed by atoms with Gasteiger partial charge in [-0.15, -0.1) is 0 Å². The number of aryl methyl sites for hydroxylation is 3. The molecule has 1 aliphatic rings. The minimum absolute atomic E-state index is 0.0543. The number of morpholine rings is 1. The molecule has 1 saturated heterocycles. The molecule has 35 heavy (non-hydrogen) atoms. The molecule has 2 aromatic heterocycles. The summed E-state index contributed by atoms with van der Waals surface area (Å²) in [6.45, 7) is 9.28. The van der Waals surface area contributed by atoms with Gasteiger partial charge in [-0.3, -0.25) is 4.79 Å². The summed E-state index contributed by atoms with van der Waals surface area (Å²) in [5, 5.41) is 7.20. The Morgan fingerprint density at radius 1 is 1.06 bits per heavy atom. The van der Waals surface area contributed by atoms with Gasteiger partial charge in [-0.25, -0.2) is 14.6 Å². The van der Waals surface area contributed by atoms with Crippen molar-refractivity contribution in [2.24, 2.45) is 0 Å². The van der Waals surface area contributed by atoms with Crippen LogP contribution in [0.5, 0.6) is 0 Å². The van der Waals surface area contributed by atoms with E-state index in [1.807, 2.05) is 31.7 Å². The van der Waals surface area contributed by atoms with Gasteiger partial charge in [0, 0.05) is 35.7 Å². The first kappa shape index (κ1) is 24.6. The average Bonchev–Trinajstić information content (AvgIpc) is 3.06. The van der Waals surface area contributed by atoms with Crippen LogP contribution in [0.3, 0.4) is 0 Å². The quantitative estimate of drug-likeness (QED) is 0.586. The first-order valence-electron chi connectivity index (χ1n) is 11.2. The molecule has 0 radical (unpaired) electrons. The van der Waals surface area contributed by atoms with E-state index >= 15 is 0 Å². The van der Waals surface area contributed by atoms with Crippen LogP contribution < -0.4 is 10.2 Å². The molecule has 0 saturated carbocycles. The molecule has 11 heteroatoms. The fourth-order valence-electron chi connectivity index (χ4n) is 4.18. The SMILES string of the molecule is Cc1cc(C)nc(-n2nc(C)c(CC(=O)Nc3cc(C(F)(F)F)ccc3N3CCOCC3)c2C)n1. The Bertz CT molecular complexity index is 1230. The van der Waals surface area contributed by atoms with Crippen molar-refractivity contribution in [1.29, 1.82) is 0 Å². The van der Waals surface area contributed by atoms with Crippen LogP contribution in [-0.2, 0) is 22.1 Å². The molecule has 0 atom stereocenters. The van der Waals surface area contributed by atoms with Crippen molar-refractivity contribution < 1.29 is 22.7 Å². The van der Waals surface area contributed by atoms with Crippen LogP contribution in [0.25, 0.3) is 5.95 Å². The van der Waals surface area contributed by atoms with Gasteiger partial charge >= 0.3 is 6.18 Å². The number of carbonyl (C=O) groups is 1. The first-order valence-corrected chi connectivity index (χ1v) is 11.2. The third kappa shape index (κ3) is 5.45. The second kappa shape index (κ2) is 9.65. The van der Waals surface area contributed by atoms with Gasteiger partial charge < -0.3 is 15.0 Å². The molecule has 1 aliphatic heterocycles. The number of ether oxygens (including phenoxy) is 1. The van der Waals surface area contributed by atoms with E-state index in [0.717, 1.165) is 23.5 Å². The first-order chi connectivity index (χ1) is 16.5. The van der Waals surface area contributed by atoms with E-state index in [0.29, 0.717) is 54.9 Å². The Labute approximate surface area is 201 Å². The highest BCUT2D eigenvalue weighted by molar-refractivity contribution is 5.96. The highest BCUT2D eigenvalue weighted by Gasteiger charge is 2.32. The van der Waals surface area contributed by atoms with Gasteiger partial charge in [0.15, 0.2) is 0 Å². The molecular weight excluding hydrogens is 461 g/mol. The van der Waals surface area contributed by atoms with E-state index in [1.165, 1.54) is 6.07 Å². The van der Waals surface area contributed by atoms with Gasteiger partial charge in [-0.05, 0) is 52.0 Å². The number of benzene rings is 1. The highest BCUT2D eigenvalue weighted by Crippen LogP contribution is 2.36. The fraction of sp³-hybridized carbons (Fsp3) is 0.417. The number of carbonyl (C=O) groups excluding carboxylic acids is 1. The molecule has 0 aliphatic carbocycles. The zero-order chi connectivity index (χ0) is 25.3. The van der Waals surface area contributed by atoms with Crippen molar-refractivity contribution in [3.63, 3.8) is 0 Å². The largest absolute Gasteiger partial charge is 0.416 e. The molecule has 3 heterocycles. The fourth-order valence-corrected chi connectivity index (χ4v) is 4.18. The van der Waals surface area contributed by atoms with Crippen LogP contribution in [0.15, 0.2) is 24.3 Å². The topological polar surface area (TPSA) is 85.2 Å². The Morgan fingerprint density at radius 3 is 2.34 bits per heavy atom. The summed E-state index contributed by atoms with van der Waals surface area (Å²) in [6, 6.07) is 5.26. The number of hydrogen-bond acceptors (Lipinski definition) is 6. The standard InChI is InChI=1S/C24H27F3N6O2/c1-14-11-15(2)29-23(28-14)33-17(4)19(16(3)31-33)13-22(34)30-20-12-18(24(25,26)27)5-6-21(20)32-7-9-35-10-8-32/h5-6,11-12H,7-10,13H2,1-4H3,(H,30,34). The van der Waals surface area contributed by atoms with Gasteiger partial charge in [-0.2, -0.15) is 18.3 Å². The van der Waals surface area contributed by atoms with Gasteiger partial charge in [-0.1, -0.05) is 0 Å². The number of aromatic nitrogens is 4. The minimum atomic E-state index is -4.52. The highest BCUT2D eigenvalue weighted by atomic mass is 19.4. The predicted octanol–water partition coefficient (Wildman–Crippen LogP) is 3.93. The number of rotatable bonds is 5. The molecular formula is C24H27F3N6O2. The van der Waals surface area contributed by atoms with E-state index in [1.54, 1.807) is 11.6 Å². The minimum Gasteiger partial charge on any atom is -0.378 e. The smallest absolute Gasteiger partial charge is 0.378 e. The van der Waals surface area contributed by atoms with E-state index in [9.17, 15) is 18.0 Å². The second-order valence-electron chi connectivity index (χ2n) is 8.57. The number of nitrogens with one attached hydrogen (secondary N) is 1. The molecule has 186 valence electrons. The Kier molecular flexibility index (Phi) is 6.79. The van der Waals surface area contributed by atoms with Crippen LogP contribution in [0.4, 0.5) is 24.5 Å². The summed E-state index contributed by atoms with van der Waals surface area (Å²) < 4.78 is 47.1.